The van der Waals surface area contributed by atoms with Gasteiger partial charge in [-0.25, -0.2) is 4.68 Å². The van der Waals surface area contributed by atoms with Crippen LogP contribution in [0.2, 0.25) is 0 Å². The highest BCUT2D eigenvalue weighted by Crippen LogP contribution is 2.31. The number of ether oxygens (including phenoxy) is 1. The summed E-state index contributed by atoms with van der Waals surface area (Å²) in [4.78, 5) is 0. The zero-order valence-electron chi connectivity index (χ0n) is 11.2. The molecule has 0 spiro atoms. The quantitative estimate of drug-likeness (QED) is 0.903. The molecule has 0 unspecified atom stereocenters. The lowest BCUT2D eigenvalue weighted by Crippen LogP contribution is -2.05. The minimum atomic E-state index is 0.192. The van der Waals surface area contributed by atoms with Crippen molar-refractivity contribution in [1.29, 1.82) is 0 Å². The van der Waals surface area contributed by atoms with Gasteiger partial charge in [-0.05, 0) is 27.7 Å². The summed E-state index contributed by atoms with van der Waals surface area (Å²) in [5.74, 6) is 1.25. The van der Waals surface area contributed by atoms with Crippen molar-refractivity contribution in [2.75, 3.05) is 5.73 Å². The molecule has 0 amide bonds. The number of anilines is 1. The van der Waals surface area contributed by atoms with Crippen molar-refractivity contribution >= 4 is 5.69 Å². The molecule has 98 valence electrons. The Labute approximate surface area is 106 Å². The molecule has 6 nitrogen and oxygen atoms in total. The van der Waals surface area contributed by atoms with E-state index in [0.29, 0.717) is 17.3 Å². The molecule has 0 bridgehead atoms. The summed E-state index contributed by atoms with van der Waals surface area (Å²) < 4.78 is 9.38. The topological polar surface area (TPSA) is 70.9 Å². The first-order valence-corrected chi connectivity index (χ1v) is 6.07. The van der Waals surface area contributed by atoms with Gasteiger partial charge in [-0.3, -0.25) is 4.68 Å². The minimum Gasteiger partial charge on any atom is -0.434 e. The van der Waals surface area contributed by atoms with E-state index in [4.69, 9.17) is 10.5 Å². The second-order valence-corrected chi connectivity index (χ2v) is 4.48. The molecule has 0 atom stereocenters. The molecule has 0 aromatic carbocycles. The van der Waals surface area contributed by atoms with Gasteiger partial charge in [-0.15, -0.1) is 0 Å². The molecule has 0 saturated carbocycles. The van der Waals surface area contributed by atoms with Crippen molar-refractivity contribution in [3.63, 3.8) is 0 Å². The van der Waals surface area contributed by atoms with Crippen LogP contribution in [0, 0.1) is 6.92 Å². The lowest BCUT2D eigenvalue weighted by atomic mass is 10.4. The fraction of sp³-hybridized carbons (Fsp3) is 0.500. The lowest BCUT2D eigenvalue weighted by Gasteiger charge is -2.10. The first-order chi connectivity index (χ1) is 8.52. The van der Waals surface area contributed by atoms with Gasteiger partial charge in [0.25, 0.3) is 0 Å². The molecule has 0 saturated heterocycles. The van der Waals surface area contributed by atoms with Crippen molar-refractivity contribution in [3.05, 3.63) is 18.1 Å². The van der Waals surface area contributed by atoms with E-state index in [9.17, 15) is 0 Å². The molecular formula is C12H19N5O. The van der Waals surface area contributed by atoms with E-state index in [1.165, 1.54) is 0 Å². The summed E-state index contributed by atoms with van der Waals surface area (Å²) in [6.45, 7) is 8.77. The fourth-order valence-corrected chi connectivity index (χ4v) is 1.67. The van der Waals surface area contributed by atoms with Crippen LogP contribution in [-0.4, -0.2) is 19.6 Å². The molecule has 2 rings (SSSR count). The van der Waals surface area contributed by atoms with Crippen molar-refractivity contribution in [3.8, 4) is 11.6 Å². The van der Waals surface area contributed by atoms with Crippen LogP contribution in [0.3, 0.4) is 0 Å². The predicted octanol–water partition coefficient (Wildman–Crippen LogP) is 2.36. The number of hydrogen-bond acceptors (Lipinski definition) is 4. The van der Waals surface area contributed by atoms with Crippen LogP contribution < -0.4 is 10.5 Å². The Hall–Kier alpha value is -1.98. The van der Waals surface area contributed by atoms with E-state index in [2.05, 4.69) is 10.2 Å². The molecule has 6 heteroatoms. The van der Waals surface area contributed by atoms with Gasteiger partial charge in [0.1, 0.15) is 5.69 Å². The van der Waals surface area contributed by atoms with E-state index in [-0.39, 0.29) is 6.04 Å². The molecule has 2 N–H and O–H groups in total. The zero-order chi connectivity index (χ0) is 13.3. The molecule has 2 aromatic heterocycles. The van der Waals surface area contributed by atoms with Gasteiger partial charge < -0.3 is 10.5 Å². The van der Waals surface area contributed by atoms with E-state index in [0.717, 1.165) is 12.2 Å². The average molecular weight is 249 g/mol. The second kappa shape index (κ2) is 4.72. The maximum absolute atomic E-state index is 5.99. The summed E-state index contributed by atoms with van der Waals surface area (Å²) in [6, 6.07) is 0.192. The van der Waals surface area contributed by atoms with Crippen LogP contribution in [0.1, 0.15) is 32.5 Å². The smallest absolute Gasteiger partial charge is 0.241 e. The maximum Gasteiger partial charge on any atom is 0.241 e. The highest BCUT2D eigenvalue weighted by molar-refractivity contribution is 5.53. The maximum atomic E-state index is 5.99. The standard InChI is InChI=1S/C12H19N5O/c1-5-16-7-10(6-14-16)18-12-11(13)9(4)15-17(12)8(2)3/h6-8H,5,13H2,1-4H3. The molecule has 2 aromatic rings. The van der Waals surface area contributed by atoms with Crippen LogP contribution in [0.4, 0.5) is 5.69 Å². The monoisotopic (exact) mass is 249 g/mol. The molecule has 18 heavy (non-hydrogen) atoms. The Morgan fingerprint density at radius 1 is 1.44 bits per heavy atom. The number of hydrogen-bond donors (Lipinski definition) is 1. The Morgan fingerprint density at radius 3 is 2.72 bits per heavy atom. The van der Waals surface area contributed by atoms with Crippen LogP contribution >= 0.6 is 0 Å². The summed E-state index contributed by atoms with van der Waals surface area (Å²) in [6.07, 6.45) is 3.52. The molecule has 0 fully saturated rings. The van der Waals surface area contributed by atoms with E-state index >= 15 is 0 Å². The Balaban J connectivity index is 2.33. The molecule has 0 aliphatic carbocycles. The Morgan fingerprint density at radius 2 is 2.17 bits per heavy atom. The van der Waals surface area contributed by atoms with Crippen molar-refractivity contribution in [1.82, 2.24) is 19.6 Å². The van der Waals surface area contributed by atoms with E-state index in [1.54, 1.807) is 15.6 Å². The van der Waals surface area contributed by atoms with Crippen LogP contribution in [0.5, 0.6) is 11.6 Å². The first kappa shape index (κ1) is 12.5. The number of nitrogen functional groups attached to an aromatic ring is 1. The van der Waals surface area contributed by atoms with Crippen LogP contribution in [0.25, 0.3) is 0 Å². The molecular weight excluding hydrogens is 230 g/mol. The second-order valence-electron chi connectivity index (χ2n) is 4.48. The van der Waals surface area contributed by atoms with Gasteiger partial charge in [-0.1, -0.05) is 0 Å². The third-order valence-corrected chi connectivity index (χ3v) is 2.72. The fourth-order valence-electron chi connectivity index (χ4n) is 1.67. The first-order valence-electron chi connectivity index (χ1n) is 6.07. The van der Waals surface area contributed by atoms with Gasteiger partial charge >= 0.3 is 0 Å². The molecule has 0 radical (unpaired) electrons. The Bertz CT molecular complexity index is 541. The van der Waals surface area contributed by atoms with Gasteiger partial charge in [-0.2, -0.15) is 10.2 Å². The highest BCUT2D eigenvalue weighted by Gasteiger charge is 2.17. The van der Waals surface area contributed by atoms with E-state index < -0.39 is 0 Å². The summed E-state index contributed by atoms with van der Waals surface area (Å²) in [5, 5.41) is 8.54. The van der Waals surface area contributed by atoms with Gasteiger partial charge in [0.15, 0.2) is 5.75 Å². The summed E-state index contributed by atoms with van der Waals surface area (Å²) in [5.41, 5.74) is 7.35. The van der Waals surface area contributed by atoms with Crippen molar-refractivity contribution in [2.45, 2.75) is 40.3 Å². The molecule has 0 aliphatic rings. The van der Waals surface area contributed by atoms with Crippen LogP contribution in [-0.2, 0) is 6.54 Å². The molecule has 0 aliphatic heterocycles. The number of aryl methyl sites for hydroxylation is 2. The van der Waals surface area contributed by atoms with E-state index in [1.807, 2.05) is 33.9 Å². The van der Waals surface area contributed by atoms with Crippen molar-refractivity contribution in [2.24, 2.45) is 0 Å². The predicted molar refractivity (Wildman–Crippen MR) is 69.7 cm³/mol. The third kappa shape index (κ3) is 2.18. The Kier molecular flexibility index (Phi) is 3.27. The van der Waals surface area contributed by atoms with Gasteiger partial charge in [0, 0.05) is 6.54 Å². The summed E-state index contributed by atoms with van der Waals surface area (Å²) >= 11 is 0. The minimum absolute atomic E-state index is 0.192. The van der Waals surface area contributed by atoms with Gasteiger partial charge in [0.05, 0.1) is 24.1 Å². The summed E-state index contributed by atoms with van der Waals surface area (Å²) in [7, 11) is 0. The highest BCUT2D eigenvalue weighted by atomic mass is 16.5. The largest absolute Gasteiger partial charge is 0.434 e. The molecule has 2 heterocycles. The van der Waals surface area contributed by atoms with Gasteiger partial charge in [0.2, 0.25) is 5.88 Å². The number of nitrogens with zero attached hydrogens (tertiary/aromatic N) is 4. The van der Waals surface area contributed by atoms with Crippen LogP contribution in [0.15, 0.2) is 12.4 Å². The number of rotatable bonds is 4. The SMILES string of the molecule is CCn1cc(Oc2c(N)c(C)nn2C(C)C)cn1. The number of aromatic nitrogens is 4. The number of nitrogens with two attached hydrogens (primary N) is 1. The average Bonchev–Trinajstić information content (AvgIpc) is 2.89. The normalized spacial score (nSPS) is 11.2. The van der Waals surface area contributed by atoms with Crippen molar-refractivity contribution < 1.29 is 4.74 Å². The zero-order valence-corrected chi connectivity index (χ0v) is 11.2. The lowest BCUT2D eigenvalue weighted by molar-refractivity contribution is 0.389. The third-order valence-electron chi connectivity index (χ3n) is 2.72.